The van der Waals surface area contributed by atoms with E-state index in [1.807, 2.05) is 0 Å². The van der Waals surface area contributed by atoms with Gasteiger partial charge in [-0.2, -0.15) is 5.10 Å². The number of nitrogens with one attached hydrogen (secondary N) is 1. The van der Waals surface area contributed by atoms with Gasteiger partial charge in [-0.1, -0.05) is 34.8 Å². The monoisotopic (exact) mass is 278 g/mol. The summed E-state index contributed by atoms with van der Waals surface area (Å²) >= 11 is 16.3. The lowest BCUT2D eigenvalue weighted by molar-refractivity contribution is -0.115. The molecule has 0 radical (unpaired) electrons. The number of carbonyl (C=O) groups excluding carboxylic acids is 1. The van der Waals surface area contributed by atoms with E-state index in [4.69, 9.17) is 34.8 Å². The SMILES string of the molecule is O=C(Nc1cccn2ncnc12)C(Cl)(Cl)Cl. The van der Waals surface area contributed by atoms with Gasteiger partial charge in [-0.15, -0.1) is 0 Å². The zero-order valence-corrected chi connectivity index (χ0v) is 9.96. The van der Waals surface area contributed by atoms with Crippen LogP contribution in [0.5, 0.6) is 0 Å². The summed E-state index contributed by atoms with van der Waals surface area (Å²) in [6.07, 6.45) is 3.05. The predicted octanol–water partition coefficient (Wildman–Crippen LogP) is 2.04. The molecule has 0 aliphatic carbocycles. The molecule has 1 amide bonds. The normalized spacial score (nSPS) is 11.7. The lowest BCUT2D eigenvalue weighted by atomic mass is 10.4. The van der Waals surface area contributed by atoms with Gasteiger partial charge in [-0.25, -0.2) is 9.50 Å². The summed E-state index contributed by atoms with van der Waals surface area (Å²) in [5.41, 5.74) is 0.904. The third-order valence-corrected chi connectivity index (χ3v) is 2.32. The minimum Gasteiger partial charge on any atom is -0.319 e. The minimum absolute atomic E-state index is 0.427. The van der Waals surface area contributed by atoms with Gasteiger partial charge in [0.1, 0.15) is 6.33 Å². The van der Waals surface area contributed by atoms with Gasteiger partial charge in [0, 0.05) is 6.20 Å². The van der Waals surface area contributed by atoms with E-state index in [1.165, 1.54) is 10.8 Å². The molecule has 2 rings (SSSR count). The van der Waals surface area contributed by atoms with Gasteiger partial charge < -0.3 is 5.32 Å². The number of anilines is 1. The van der Waals surface area contributed by atoms with E-state index in [9.17, 15) is 4.79 Å². The van der Waals surface area contributed by atoms with Gasteiger partial charge in [0.15, 0.2) is 5.65 Å². The van der Waals surface area contributed by atoms with Crippen LogP contribution in [0.1, 0.15) is 0 Å². The third kappa shape index (κ3) is 2.21. The standard InChI is InChI=1S/C8H5Cl3N4O/c9-8(10,11)7(16)14-5-2-1-3-15-6(5)12-4-13-15/h1-4H,(H,14,16). The first-order valence-corrected chi connectivity index (χ1v) is 5.28. The summed E-state index contributed by atoms with van der Waals surface area (Å²) in [7, 11) is 0. The predicted molar refractivity (Wildman–Crippen MR) is 61.9 cm³/mol. The van der Waals surface area contributed by atoms with Crippen molar-refractivity contribution in [3.63, 3.8) is 0 Å². The van der Waals surface area contributed by atoms with Gasteiger partial charge >= 0.3 is 0 Å². The molecule has 2 heterocycles. The molecule has 5 nitrogen and oxygen atoms in total. The smallest absolute Gasteiger partial charge is 0.276 e. The van der Waals surface area contributed by atoms with Crippen LogP contribution in [0.2, 0.25) is 0 Å². The molecule has 1 N–H and O–H groups in total. The fraction of sp³-hybridized carbons (Fsp3) is 0.125. The molecule has 0 fully saturated rings. The van der Waals surface area contributed by atoms with Gasteiger partial charge in [0.05, 0.1) is 5.69 Å². The molecular formula is C8H5Cl3N4O. The Kier molecular flexibility index (Phi) is 2.92. The van der Waals surface area contributed by atoms with Crippen molar-refractivity contribution in [1.29, 1.82) is 0 Å². The van der Waals surface area contributed by atoms with E-state index in [0.29, 0.717) is 11.3 Å². The quantitative estimate of drug-likeness (QED) is 0.813. The Balaban J connectivity index is 2.35. The number of aromatic nitrogens is 3. The fourth-order valence-corrected chi connectivity index (χ4v) is 1.28. The molecule has 0 saturated heterocycles. The molecule has 16 heavy (non-hydrogen) atoms. The average molecular weight is 280 g/mol. The van der Waals surface area contributed by atoms with Crippen LogP contribution in [0.3, 0.4) is 0 Å². The molecular weight excluding hydrogens is 274 g/mol. The van der Waals surface area contributed by atoms with Crippen molar-refractivity contribution >= 4 is 52.0 Å². The summed E-state index contributed by atoms with van der Waals surface area (Å²) in [4.78, 5) is 15.4. The molecule has 0 aromatic carbocycles. The molecule has 0 saturated carbocycles. The number of alkyl halides is 3. The first kappa shape index (κ1) is 11.4. The summed E-state index contributed by atoms with van der Waals surface area (Å²) in [5, 5.41) is 6.36. The van der Waals surface area contributed by atoms with Crippen molar-refractivity contribution < 1.29 is 4.79 Å². The lowest BCUT2D eigenvalue weighted by Gasteiger charge is -2.11. The van der Waals surface area contributed by atoms with Crippen molar-refractivity contribution in [3.8, 4) is 0 Å². The average Bonchev–Trinajstić information content (AvgIpc) is 2.65. The lowest BCUT2D eigenvalue weighted by Crippen LogP contribution is -2.27. The number of carbonyl (C=O) groups is 1. The van der Waals surface area contributed by atoms with Crippen molar-refractivity contribution in [1.82, 2.24) is 14.6 Å². The largest absolute Gasteiger partial charge is 0.319 e. The number of rotatable bonds is 1. The molecule has 0 bridgehead atoms. The number of hydrogen-bond acceptors (Lipinski definition) is 3. The van der Waals surface area contributed by atoms with Crippen molar-refractivity contribution in [3.05, 3.63) is 24.7 Å². The summed E-state index contributed by atoms with van der Waals surface area (Å²) < 4.78 is -0.513. The number of halogens is 3. The molecule has 2 aromatic rings. The number of amides is 1. The molecule has 2 aromatic heterocycles. The first-order valence-electron chi connectivity index (χ1n) is 4.15. The summed E-state index contributed by atoms with van der Waals surface area (Å²) in [6, 6.07) is 3.33. The van der Waals surface area contributed by atoms with Crippen LogP contribution in [-0.2, 0) is 4.79 Å². The van der Waals surface area contributed by atoms with Crippen molar-refractivity contribution in [2.45, 2.75) is 3.79 Å². The maximum Gasteiger partial charge on any atom is 0.276 e. The van der Waals surface area contributed by atoms with E-state index in [1.54, 1.807) is 18.3 Å². The topological polar surface area (TPSA) is 59.3 Å². The molecule has 0 aliphatic rings. The minimum atomic E-state index is -2.01. The highest BCUT2D eigenvalue weighted by Gasteiger charge is 2.31. The second-order valence-corrected chi connectivity index (χ2v) is 5.18. The number of pyridine rings is 1. The summed E-state index contributed by atoms with van der Waals surface area (Å²) in [5.74, 6) is -0.742. The zero-order chi connectivity index (χ0) is 11.8. The van der Waals surface area contributed by atoms with Crippen LogP contribution in [0, 0.1) is 0 Å². The van der Waals surface area contributed by atoms with Gasteiger partial charge in [-0.3, -0.25) is 4.79 Å². The molecule has 0 atom stereocenters. The Bertz CT molecular complexity index is 533. The zero-order valence-electron chi connectivity index (χ0n) is 7.69. The fourth-order valence-electron chi connectivity index (χ4n) is 1.14. The second-order valence-electron chi connectivity index (χ2n) is 2.90. The Morgan fingerprint density at radius 2 is 2.19 bits per heavy atom. The number of hydrogen-bond donors (Lipinski definition) is 1. The van der Waals surface area contributed by atoms with Gasteiger partial charge in [-0.05, 0) is 12.1 Å². The van der Waals surface area contributed by atoms with Crippen molar-refractivity contribution in [2.75, 3.05) is 5.32 Å². The molecule has 0 unspecified atom stereocenters. The van der Waals surface area contributed by atoms with E-state index < -0.39 is 9.70 Å². The maximum absolute atomic E-state index is 11.4. The van der Waals surface area contributed by atoms with Crippen LogP contribution in [0.15, 0.2) is 24.7 Å². The highest BCUT2D eigenvalue weighted by molar-refractivity contribution is 6.76. The van der Waals surface area contributed by atoms with E-state index in [0.717, 1.165) is 0 Å². The Labute approximate surface area is 105 Å². The maximum atomic E-state index is 11.4. The number of fused-ring (bicyclic) bond motifs is 1. The molecule has 0 spiro atoms. The Morgan fingerprint density at radius 3 is 2.88 bits per heavy atom. The molecule has 0 aliphatic heterocycles. The van der Waals surface area contributed by atoms with Crippen LogP contribution in [-0.4, -0.2) is 24.3 Å². The van der Waals surface area contributed by atoms with Crippen molar-refractivity contribution in [2.24, 2.45) is 0 Å². The molecule has 8 heteroatoms. The highest BCUT2D eigenvalue weighted by atomic mass is 35.6. The second kappa shape index (κ2) is 4.08. The Morgan fingerprint density at radius 1 is 1.44 bits per heavy atom. The van der Waals surface area contributed by atoms with Crippen LogP contribution >= 0.6 is 34.8 Å². The van der Waals surface area contributed by atoms with Crippen LogP contribution in [0.4, 0.5) is 5.69 Å². The van der Waals surface area contributed by atoms with Gasteiger partial charge in [0.25, 0.3) is 9.70 Å². The van der Waals surface area contributed by atoms with E-state index >= 15 is 0 Å². The third-order valence-electron chi connectivity index (χ3n) is 1.81. The van der Waals surface area contributed by atoms with E-state index in [-0.39, 0.29) is 0 Å². The number of nitrogens with zero attached hydrogens (tertiary/aromatic N) is 3. The van der Waals surface area contributed by atoms with Crippen LogP contribution < -0.4 is 5.32 Å². The van der Waals surface area contributed by atoms with Crippen LogP contribution in [0.25, 0.3) is 5.65 Å². The van der Waals surface area contributed by atoms with Gasteiger partial charge in [0.2, 0.25) is 0 Å². The first-order chi connectivity index (χ1) is 7.48. The highest BCUT2D eigenvalue weighted by Crippen LogP contribution is 2.28. The Hall–Kier alpha value is -1.04. The van der Waals surface area contributed by atoms with E-state index in [2.05, 4.69) is 15.4 Å². The molecule has 84 valence electrons. The summed E-state index contributed by atoms with van der Waals surface area (Å²) in [6.45, 7) is 0.